The van der Waals surface area contributed by atoms with Crippen molar-refractivity contribution in [3.8, 4) is 0 Å². The molecule has 1 aromatic carbocycles. The van der Waals surface area contributed by atoms with E-state index in [1.54, 1.807) is 12.1 Å². The first-order valence-corrected chi connectivity index (χ1v) is 8.53. The Kier molecular flexibility index (Phi) is 4.02. The Hall–Kier alpha value is -0.990. The van der Waals surface area contributed by atoms with Crippen LogP contribution in [0.15, 0.2) is 23.1 Å². The van der Waals surface area contributed by atoms with Gasteiger partial charge in [-0.15, -0.1) is 0 Å². The molecule has 2 atom stereocenters. The van der Waals surface area contributed by atoms with Crippen molar-refractivity contribution in [3.05, 3.63) is 29.3 Å². The third-order valence-corrected chi connectivity index (χ3v) is 6.04. The van der Waals surface area contributed by atoms with Crippen molar-refractivity contribution in [1.29, 1.82) is 0 Å². The van der Waals surface area contributed by atoms with Crippen LogP contribution in [0, 0.1) is 0 Å². The van der Waals surface area contributed by atoms with E-state index in [0.29, 0.717) is 18.0 Å². The molecule has 1 saturated heterocycles. The van der Waals surface area contributed by atoms with Gasteiger partial charge in [0.05, 0.1) is 24.2 Å². The Labute approximate surface area is 124 Å². The summed E-state index contributed by atoms with van der Waals surface area (Å²) in [5.74, 6) is 0. The highest BCUT2D eigenvalue weighted by molar-refractivity contribution is 7.89. The Morgan fingerprint density at radius 3 is 2.90 bits per heavy atom. The maximum atomic E-state index is 12.8. The molecule has 2 N–H and O–H groups in total. The van der Waals surface area contributed by atoms with Gasteiger partial charge in [-0.25, -0.2) is 8.42 Å². The number of benzene rings is 1. The van der Waals surface area contributed by atoms with Crippen LogP contribution in [0.25, 0.3) is 0 Å². The molecule has 2 unspecified atom stereocenters. The van der Waals surface area contributed by atoms with E-state index in [1.807, 2.05) is 13.0 Å². The van der Waals surface area contributed by atoms with E-state index in [2.05, 4.69) is 5.32 Å². The predicted octanol–water partition coefficient (Wildman–Crippen LogP) is 0.0601. The Morgan fingerprint density at radius 1 is 1.38 bits per heavy atom. The summed E-state index contributed by atoms with van der Waals surface area (Å²) in [5, 5.41) is 12.4. The van der Waals surface area contributed by atoms with Crippen LogP contribution in [-0.4, -0.2) is 49.7 Å². The summed E-state index contributed by atoms with van der Waals surface area (Å²) in [5.41, 5.74) is 2.19. The van der Waals surface area contributed by atoms with E-state index in [4.69, 9.17) is 4.74 Å². The van der Waals surface area contributed by atoms with E-state index in [1.165, 1.54) is 4.31 Å². The van der Waals surface area contributed by atoms with E-state index in [9.17, 15) is 13.5 Å². The summed E-state index contributed by atoms with van der Waals surface area (Å²) in [7, 11) is -3.56. The molecule has 0 radical (unpaired) electrons. The highest BCUT2D eigenvalue weighted by Crippen LogP contribution is 2.25. The number of aliphatic hydroxyl groups is 1. The Morgan fingerprint density at radius 2 is 2.14 bits per heavy atom. The number of sulfonamides is 1. The Bertz CT molecular complexity index is 632. The van der Waals surface area contributed by atoms with Gasteiger partial charge < -0.3 is 15.2 Å². The van der Waals surface area contributed by atoms with Gasteiger partial charge in [0, 0.05) is 25.7 Å². The first-order valence-electron chi connectivity index (χ1n) is 7.09. The van der Waals surface area contributed by atoms with E-state index in [0.717, 1.165) is 17.7 Å². The molecule has 0 aromatic heterocycles. The van der Waals surface area contributed by atoms with Crippen LogP contribution < -0.4 is 5.32 Å². The highest BCUT2D eigenvalue weighted by Gasteiger charge is 2.35. The fourth-order valence-electron chi connectivity index (χ4n) is 2.80. The van der Waals surface area contributed by atoms with Crippen molar-refractivity contribution in [2.45, 2.75) is 37.1 Å². The van der Waals surface area contributed by atoms with Crippen LogP contribution in [-0.2, 0) is 27.8 Å². The molecule has 0 amide bonds. The van der Waals surface area contributed by atoms with Gasteiger partial charge in [-0.3, -0.25) is 0 Å². The number of nitrogens with zero attached hydrogens (tertiary/aromatic N) is 1. The minimum Gasteiger partial charge on any atom is -0.394 e. The molecular weight excluding hydrogens is 292 g/mol. The second-order valence-corrected chi connectivity index (χ2v) is 7.49. The van der Waals surface area contributed by atoms with E-state index in [-0.39, 0.29) is 19.2 Å². The zero-order valence-corrected chi connectivity index (χ0v) is 12.8. The average molecular weight is 312 g/mol. The molecule has 0 bridgehead atoms. The van der Waals surface area contributed by atoms with Gasteiger partial charge >= 0.3 is 0 Å². The smallest absolute Gasteiger partial charge is 0.243 e. The number of nitrogens with one attached hydrogen (secondary N) is 1. The van der Waals surface area contributed by atoms with Crippen LogP contribution >= 0.6 is 0 Å². The van der Waals surface area contributed by atoms with Gasteiger partial charge in [-0.1, -0.05) is 6.07 Å². The SMILES string of the molecule is CC1COC(CO)CN1S(=O)(=O)c1ccc2c(c1)CNC2. The lowest BCUT2D eigenvalue weighted by Crippen LogP contribution is -2.51. The molecule has 7 heteroatoms. The fraction of sp³-hybridized carbons (Fsp3) is 0.571. The van der Waals surface area contributed by atoms with Gasteiger partial charge in [0.15, 0.2) is 0 Å². The van der Waals surface area contributed by atoms with Crippen molar-refractivity contribution < 1.29 is 18.3 Å². The molecule has 21 heavy (non-hydrogen) atoms. The molecule has 1 fully saturated rings. The number of hydrogen-bond acceptors (Lipinski definition) is 5. The van der Waals surface area contributed by atoms with E-state index < -0.39 is 16.1 Å². The maximum absolute atomic E-state index is 12.8. The molecule has 1 aromatic rings. The molecule has 0 saturated carbocycles. The van der Waals surface area contributed by atoms with Crippen molar-refractivity contribution in [1.82, 2.24) is 9.62 Å². The van der Waals surface area contributed by atoms with Crippen LogP contribution in [0.5, 0.6) is 0 Å². The lowest BCUT2D eigenvalue weighted by molar-refractivity contribution is -0.0516. The number of morpholine rings is 1. The van der Waals surface area contributed by atoms with Gasteiger partial charge in [-0.2, -0.15) is 4.31 Å². The zero-order chi connectivity index (χ0) is 15.0. The topological polar surface area (TPSA) is 78.9 Å². The minimum atomic E-state index is -3.56. The molecule has 0 aliphatic carbocycles. The maximum Gasteiger partial charge on any atom is 0.243 e. The van der Waals surface area contributed by atoms with Gasteiger partial charge in [0.1, 0.15) is 0 Å². The monoisotopic (exact) mass is 312 g/mol. The molecule has 2 aliphatic heterocycles. The number of fused-ring (bicyclic) bond motifs is 1. The first-order chi connectivity index (χ1) is 10.0. The van der Waals surface area contributed by atoms with E-state index >= 15 is 0 Å². The quantitative estimate of drug-likeness (QED) is 0.825. The van der Waals surface area contributed by atoms with Gasteiger partial charge in [-0.05, 0) is 30.2 Å². The molecule has 2 heterocycles. The summed E-state index contributed by atoms with van der Waals surface area (Å²) >= 11 is 0. The zero-order valence-electron chi connectivity index (χ0n) is 11.9. The Balaban J connectivity index is 1.92. The van der Waals surface area contributed by atoms with Crippen molar-refractivity contribution >= 4 is 10.0 Å². The number of hydrogen-bond donors (Lipinski definition) is 2. The fourth-order valence-corrected chi connectivity index (χ4v) is 4.50. The highest BCUT2D eigenvalue weighted by atomic mass is 32.2. The third-order valence-electron chi connectivity index (χ3n) is 4.07. The largest absolute Gasteiger partial charge is 0.394 e. The standard InChI is InChI=1S/C14H20N2O4S/c1-10-9-20-13(8-17)7-16(10)21(18,19)14-3-2-11-5-15-6-12(11)4-14/h2-4,10,13,15,17H,5-9H2,1H3. The lowest BCUT2D eigenvalue weighted by atomic mass is 10.1. The average Bonchev–Trinajstić information content (AvgIpc) is 2.95. The first kappa shape index (κ1) is 14.9. The second-order valence-electron chi connectivity index (χ2n) is 5.60. The molecule has 0 spiro atoms. The summed E-state index contributed by atoms with van der Waals surface area (Å²) in [6.07, 6.45) is -0.452. The normalized spacial score (nSPS) is 26.8. The van der Waals surface area contributed by atoms with Crippen LogP contribution in [0.1, 0.15) is 18.1 Å². The van der Waals surface area contributed by atoms with Crippen molar-refractivity contribution in [2.75, 3.05) is 19.8 Å². The lowest BCUT2D eigenvalue weighted by Gasteiger charge is -2.36. The molecule has 6 nitrogen and oxygen atoms in total. The molecule has 116 valence electrons. The summed E-state index contributed by atoms with van der Waals surface area (Å²) in [6.45, 7) is 3.63. The molecular formula is C14H20N2O4S. The van der Waals surface area contributed by atoms with Crippen LogP contribution in [0.3, 0.4) is 0 Å². The van der Waals surface area contributed by atoms with Crippen molar-refractivity contribution in [2.24, 2.45) is 0 Å². The van der Waals surface area contributed by atoms with Crippen LogP contribution in [0.2, 0.25) is 0 Å². The van der Waals surface area contributed by atoms with Crippen molar-refractivity contribution in [3.63, 3.8) is 0 Å². The second kappa shape index (κ2) is 5.66. The number of aliphatic hydroxyl groups excluding tert-OH is 1. The third kappa shape index (κ3) is 2.72. The summed E-state index contributed by atoms with van der Waals surface area (Å²) in [4.78, 5) is 0.315. The minimum absolute atomic E-state index is 0.174. The number of rotatable bonds is 3. The van der Waals surface area contributed by atoms with Gasteiger partial charge in [0.2, 0.25) is 10.0 Å². The summed E-state index contributed by atoms with van der Waals surface area (Å²) < 4.78 is 32.5. The molecule has 3 rings (SSSR count). The predicted molar refractivity (Wildman–Crippen MR) is 77.2 cm³/mol. The van der Waals surface area contributed by atoms with Gasteiger partial charge in [0.25, 0.3) is 0 Å². The number of ether oxygens (including phenoxy) is 1. The molecule has 2 aliphatic rings. The van der Waals surface area contributed by atoms with Crippen LogP contribution in [0.4, 0.5) is 0 Å². The summed E-state index contributed by atoms with van der Waals surface area (Å²) in [6, 6.07) is 5.05.